The van der Waals surface area contributed by atoms with Gasteiger partial charge in [-0.1, -0.05) is 25.1 Å². The highest BCUT2D eigenvalue weighted by molar-refractivity contribution is 7.89. The first-order valence-electron chi connectivity index (χ1n) is 9.36. The van der Waals surface area contributed by atoms with Crippen molar-refractivity contribution < 1.29 is 18.0 Å². The van der Waals surface area contributed by atoms with E-state index in [4.69, 9.17) is 0 Å². The number of hydrogen-bond acceptors (Lipinski definition) is 4. The van der Waals surface area contributed by atoms with E-state index in [1.54, 1.807) is 0 Å². The molecular formula is C21H27N3O4S. The first-order valence-corrected chi connectivity index (χ1v) is 10.8. The molecule has 2 aromatic carbocycles. The molecule has 29 heavy (non-hydrogen) atoms. The molecule has 8 heteroatoms. The Hall–Kier alpha value is -2.71. The Morgan fingerprint density at radius 2 is 1.79 bits per heavy atom. The molecule has 2 amide bonds. The van der Waals surface area contributed by atoms with Gasteiger partial charge in [0.05, 0.1) is 11.4 Å². The molecule has 7 nitrogen and oxygen atoms in total. The molecule has 0 aromatic heterocycles. The third-order valence-electron chi connectivity index (χ3n) is 4.33. The maximum atomic E-state index is 12.7. The number of nitrogens with zero attached hydrogens (tertiary/aromatic N) is 1. The van der Waals surface area contributed by atoms with Crippen molar-refractivity contribution in [2.75, 3.05) is 25.5 Å². The Morgan fingerprint density at radius 1 is 1.07 bits per heavy atom. The molecule has 0 bridgehead atoms. The van der Waals surface area contributed by atoms with Crippen LogP contribution in [0.2, 0.25) is 0 Å². The topological polar surface area (TPSA) is 95.6 Å². The van der Waals surface area contributed by atoms with Crippen molar-refractivity contribution in [1.29, 1.82) is 0 Å². The first kappa shape index (κ1) is 22.6. The van der Waals surface area contributed by atoms with E-state index >= 15 is 0 Å². The molecule has 0 fully saturated rings. The Kier molecular flexibility index (Phi) is 7.53. The molecule has 0 radical (unpaired) electrons. The number of carbonyl (C=O) groups is 2. The van der Waals surface area contributed by atoms with Crippen LogP contribution < -0.4 is 10.0 Å². The van der Waals surface area contributed by atoms with Gasteiger partial charge in [0.1, 0.15) is 0 Å². The fourth-order valence-electron chi connectivity index (χ4n) is 2.68. The number of benzene rings is 2. The third-order valence-corrected chi connectivity index (χ3v) is 5.79. The molecule has 0 unspecified atom stereocenters. The van der Waals surface area contributed by atoms with Gasteiger partial charge in [0.15, 0.2) is 0 Å². The van der Waals surface area contributed by atoms with Gasteiger partial charge in [0.2, 0.25) is 15.9 Å². The molecular weight excluding hydrogens is 390 g/mol. The number of likely N-dealkylation sites (N-methyl/N-ethyl adjacent to an activating group) is 1. The van der Waals surface area contributed by atoms with Crippen molar-refractivity contribution in [1.82, 2.24) is 9.62 Å². The van der Waals surface area contributed by atoms with Gasteiger partial charge >= 0.3 is 0 Å². The highest BCUT2D eigenvalue weighted by atomic mass is 32.2. The lowest BCUT2D eigenvalue weighted by molar-refractivity contribution is -0.116. The van der Waals surface area contributed by atoms with Crippen LogP contribution in [0.15, 0.2) is 47.4 Å². The van der Waals surface area contributed by atoms with E-state index in [0.717, 1.165) is 11.1 Å². The second kappa shape index (κ2) is 9.67. The molecule has 2 rings (SSSR count). The van der Waals surface area contributed by atoms with Crippen LogP contribution in [-0.4, -0.2) is 45.3 Å². The molecule has 0 saturated heterocycles. The van der Waals surface area contributed by atoms with Crippen LogP contribution in [0.4, 0.5) is 5.69 Å². The maximum Gasteiger partial charge on any atom is 0.254 e. The molecule has 0 heterocycles. The highest BCUT2D eigenvalue weighted by Gasteiger charge is 2.19. The zero-order valence-electron chi connectivity index (χ0n) is 17.2. The quantitative estimate of drug-likeness (QED) is 0.690. The van der Waals surface area contributed by atoms with Gasteiger partial charge in [-0.25, -0.2) is 13.1 Å². The van der Waals surface area contributed by atoms with Crippen molar-refractivity contribution in [2.24, 2.45) is 0 Å². The zero-order valence-corrected chi connectivity index (χ0v) is 18.0. The molecule has 0 spiro atoms. The van der Waals surface area contributed by atoms with Crippen LogP contribution in [-0.2, 0) is 14.8 Å². The molecule has 0 aliphatic rings. The molecule has 156 valence electrons. The van der Waals surface area contributed by atoms with E-state index in [2.05, 4.69) is 10.0 Å². The van der Waals surface area contributed by atoms with Gasteiger partial charge in [-0.05, 0) is 55.7 Å². The summed E-state index contributed by atoms with van der Waals surface area (Å²) in [6.45, 7) is 5.85. The SMILES string of the molecule is CCCNS(=O)(=O)c1cccc(C(=O)N(C)CC(=O)Nc2cc(C)ccc2C)c1. The van der Waals surface area contributed by atoms with E-state index in [0.29, 0.717) is 18.7 Å². The van der Waals surface area contributed by atoms with Crippen molar-refractivity contribution in [3.63, 3.8) is 0 Å². The standard InChI is InChI=1S/C21H27N3O4S/c1-5-11-22-29(27,28)18-8-6-7-17(13-18)21(26)24(4)14-20(25)23-19-12-15(2)9-10-16(19)3/h6-10,12-13,22H,5,11,14H2,1-4H3,(H,23,25). The van der Waals surface area contributed by atoms with E-state index in [1.165, 1.54) is 36.2 Å². The van der Waals surface area contributed by atoms with E-state index in [-0.39, 0.29) is 22.9 Å². The molecule has 0 aliphatic carbocycles. The van der Waals surface area contributed by atoms with Gasteiger partial charge in [0.25, 0.3) is 5.91 Å². The zero-order chi connectivity index (χ0) is 21.6. The summed E-state index contributed by atoms with van der Waals surface area (Å²) >= 11 is 0. The number of rotatable bonds is 8. The van der Waals surface area contributed by atoms with Crippen LogP contribution >= 0.6 is 0 Å². The predicted octanol–water partition coefficient (Wildman–Crippen LogP) is 2.70. The molecule has 2 aromatic rings. The predicted molar refractivity (Wildman–Crippen MR) is 113 cm³/mol. The van der Waals surface area contributed by atoms with E-state index < -0.39 is 15.9 Å². The normalized spacial score (nSPS) is 11.2. The second-order valence-corrected chi connectivity index (χ2v) is 8.72. The van der Waals surface area contributed by atoms with Crippen LogP contribution in [0.25, 0.3) is 0 Å². The lowest BCUT2D eigenvalue weighted by Crippen LogP contribution is -2.35. The van der Waals surface area contributed by atoms with Crippen LogP contribution in [0, 0.1) is 13.8 Å². The Bertz CT molecular complexity index is 1000. The van der Waals surface area contributed by atoms with Gasteiger partial charge in [-0.15, -0.1) is 0 Å². The van der Waals surface area contributed by atoms with Gasteiger partial charge in [-0.2, -0.15) is 0 Å². The fraction of sp³-hybridized carbons (Fsp3) is 0.333. The lowest BCUT2D eigenvalue weighted by Gasteiger charge is -2.18. The summed E-state index contributed by atoms with van der Waals surface area (Å²) in [6.07, 6.45) is 0.663. The summed E-state index contributed by atoms with van der Waals surface area (Å²) in [5.74, 6) is -0.767. The minimum Gasteiger partial charge on any atom is -0.332 e. The first-order chi connectivity index (χ1) is 13.6. The number of amides is 2. The summed E-state index contributed by atoms with van der Waals surface area (Å²) in [5.41, 5.74) is 2.85. The fourth-order valence-corrected chi connectivity index (χ4v) is 3.86. The number of carbonyl (C=O) groups excluding carboxylic acids is 2. The average Bonchev–Trinajstić information content (AvgIpc) is 2.68. The number of aryl methyl sites for hydroxylation is 2. The number of anilines is 1. The summed E-state index contributed by atoms with van der Waals surface area (Å²) in [6, 6.07) is 11.5. The van der Waals surface area contributed by atoms with E-state index in [9.17, 15) is 18.0 Å². The maximum absolute atomic E-state index is 12.7. The minimum absolute atomic E-state index is 0.0186. The van der Waals surface area contributed by atoms with Crippen LogP contribution in [0.1, 0.15) is 34.8 Å². The van der Waals surface area contributed by atoms with Gasteiger partial charge < -0.3 is 10.2 Å². The van der Waals surface area contributed by atoms with E-state index in [1.807, 2.05) is 39.0 Å². The number of nitrogens with one attached hydrogen (secondary N) is 2. The Labute approximate surface area is 172 Å². The van der Waals surface area contributed by atoms with Crippen molar-refractivity contribution in [3.8, 4) is 0 Å². The van der Waals surface area contributed by atoms with Crippen molar-refractivity contribution in [3.05, 3.63) is 59.2 Å². The molecule has 2 N–H and O–H groups in total. The van der Waals surface area contributed by atoms with Crippen LogP contribution in [0.3, 0.4) is 0 Å². The second-order valence-electron chi connectivity index (χ2n) is 6.95. The highest BCUT2D eigenvalue weighted by Crippen LogP contribution is 2.17. The minimum atomic E-state index is -3.68. The summed E-state index contributed by atoms with van der Waals surface area (Å²) in [5, 5.41) is 2.81. The Balaban J connectivity index is 2.09. The van der Waals surface area contributed by atoms with Gasteiger partial charge in [-0.3, -0.25) is 9.59 Å². The number of sulfonamides is 1. The average molecular weight is 418 g/mol. The summed E-state index contributed by atoms with van der Waals surface area (Å²) in [7, 11) is -2.18. The summed E-state index contributed by atoms with van der Waals surface area (Å²) in [4.78, 5) is 26.3. The molecule has 0 atom stereocenters. The summed E-state index contributed by atoms with van der Waals surface area (Å²) < 4.78 is 27.0. The Morgan fingerprint density at radius 3 is 2.48 bits per heavy atom. The lowest BCUT2D eigenvalue weighted by atomic mass is 10.1. The monoisotopic (exact) mass is 417 g/mol. The molecule has 0 aliphatic heterocycles. The van der Waals surface area contributed by atoms with Crippen molar-refractivity contribution >= 4 is 27.5 Å². The van der Waals surface area contributed by atoms with Crippen LogP contribution in [0.5, 0.6) is 0 Å². The third kappa shape index (κ3) is 6.13. The molecule has 0 saturated carbocycles. The van der Waals surface area contributed by atoms with Crippen molar-refractivity contribution in [2.45, 2.75) is 32.1 Å². The smallest absolute Gasteiger partial charge is 0.254 e. The van der Waals surface area contributed by atoms with Gasteiger partial charge in [0, 0.05) is 24.8 Å². The largest absolute Gasteiger partial charge is 0.332 e. The number of hydrogen-bond donors (Lipinski definition) is 2.